The van der Waals surface area contributed by atoms with Crippen LogP contribution in [0.4, 0.5) is 4.79 Å². The van der Waals surface area contributed by atoms with E-state index in [4.69, 9.17) is 0 Å². The Morgan fingerprint density at radius 1 is 1.10 bits per heavy atom. The average molecular weight is 398 g/mol. The van der Waals surface area contributed by atoms with Gasteiger partial charge in [0.1, 0.15) is 5.82 Å². The molecule has 29 heavy (non-hydrogen) atoms. The zero-order valence-corrected chi connectivity index (χ0v) is 17.2. The molecule has 1 aliphatic heterocycles. The highest BCUT2D eigenvalue weighted by molar-refractivity contribution is 5.74. The Morgan fingerprint density at radius 2 is 1.86 bits per heavy atom. The Kier molecular flexibility index (Phi) is 6.02. The first kappa shape index (κ1) is 19.7. The number of benzene rings is 1. The zero-order chi connectivity index (χ0) is 20.2. The van der Waals surface area contributed by atoms with E-state index in [-0.39, 0.29) is 17.6 Å². The fraction of sp³-hybridized carbons (Fsp3) is 0.591. The van der Waals surface area contributed by atoms with E-state index in [1.807, 2.05) is 35.2 Å². The molecule has 0 radical (unpaired) electrons. The van der Waals surface area contributed by atoms with Crippen molar-refractivity contribution in [2.45, 2.75) is 63.5 Å². The highest BCUT2D eigenvalue weighted by Gasteiger charge is 2.30. The monoisotopic (exact) mass is 397 g/mol. The summed E-state index contributed by atoms with van der Waals surface area (Å²) in [7, 11) is 1.70. The van der Waals surface area contributed by atoms with E-state index in [9.17, 15) is 9.59 Å². The number of amides is 2. The number of aromatic nitrogens is 3. The number of hydrogen-bond donors (Lipinski definition) is 1. The van der Waals surface area contributed by atoms with E-state index < -0.39 is 0 Å². The minimum absolute atomic E-state index is 0.0366. The van der Waals surface area contributed by atoms with Gasteiger partial charge in [0.25, 0.3) is 0 Å². The van der Waals surface area contributed by atoms with Crippen LogP contribution in [0.15, 0.2) is 35.1 Å². The Bertz CT molecular complexity index is 882. The molecule has 2 heterocycles. The third-order valence-electron chi connectivity index (χ3n) is 6.23. The van der Waals surface area contributed by atoms with Gasteiger partial charge in [0, 0.05) is 32.1 Å². The number of rotatable bonds is 4. The van der Waals surface area contributed by atoms with Crippen LogP contribution in [-0.2, 0) is 13.6 Å². The smallest absolute Gasteiger partial charge is 0.335 e. The number of nitrogens with one attached hydrogen (secondary N) is 1. The lowest BCUT2D eigenvalue weighted by molar-refractivity contribution is 0.171. The molecule has 1 unspecified atom stereocenters. The number of nitrogens with zero attached hydrogens (tertiary/aromatic N) is 4. The molecule has 0 spiro atoms. The largest absolute Gasteiger partial charge is 0.345 e. The molecule has 2 aromatic rings. The predicted molar refractivity (Wildman–Crippen MR) is 112 cm³/mol. The van der Waals surface area contributed by atoms with Crippen molar-refractivity contribution in [3.63, 3.8) is 0 Å². The molecule has 1 aromatic carbocycles. The molecule has 7 heteroatoms. The van der Waals surface area contributed by atoms with Crippen LogP contribution in [0.1, 0.15) is 62.3 Å². The summed E-state index contributed by atoms with van der Waals surface area (Å²) in [6.07, 6.45) is 7.72. The SMILES string of the molecule is Cn1nc(C2CCCN(C(=O)NC3CCCCC3)C2)n(Cc2ccccc2)c1=O. The number of urea groups is 1. The first-order valence-corrected chi connectivity index (χ1v) is 10.8. The van der Waals surface area contributed by atoms with Gasteiger partial charge in [0.2, 0.25) is 0 Å². The van der Waals surface area contributed by atoms with Crippen molar-refractivity contribution < 1.29 is 4.79 Å². The van der Waals surface area contributed by atoms with Crippen LogP contribution in [0.2, 0.25) is 0 Å². The van der Waals surface area contributed by atoms with Crippen molar-refractivity contribution in [2.75, 3.05) is 13.1 Å². The normalized spacial score (nSPS) is 20.6. The lowest BCUT2D eigenvalue weighted by Crippen LogP contribution is -2.49. The molecule has 1 atom stereocenters. The van der Waals surface area contributed by atoms with Crippen LogP contribution in [0.5, 0.6) is 0 Å². The van der Waals surface area contributed by atoms with Gasteiger partial charge in [0.15, 0.2) is 0 Å². The number of hydrogen-bond acceptors (Lipinski definition) is 3. The van der Waals surface area contributed by atoms with Gasteiger partial charge in [-0.15, -0.1) is 0 Å². The summed E-state index contributed by atoms with van der Waals surface area (Å²) >= 11 is 0. The summed E-state index contributed by atoms with van der Waals surface area (Å²) in [5, 5.41) is 7.77. The van der Waals surface area contributed by atoms with Gasteiger partial charge in [-0.05, 0) is 31.2 Å². The van der Waals surface area contributed by atoms with Gasteiger partial charge in [-0.3, -0.25) is 4.57 Å². The van der Waals surface area contributed by atoms with Crippen LogP contribution in [0, 0.1) is 0 Å². The molecule has 4 rings (SSSR count). The third-order valence-corrected chi connectivity index (χ3v) is 6.23. The van der Waals surface area contributed by atoms with Crippen molar-refractivity contribution in [2.24, 2.45) is 7.05 Å². The fourth-order valence-electron chi connectivity index (χ4n) is 4.62. The molecule has 2 fully saturated rings. The van der Waals surface area contributed by atoms with E-state index in [0.717, 1.165) is 43.6 Å². The van der Waals surface area contributed by atoms with Gasteiger partial charge < -0.3 is 10.2 Å². The van der Waals surface area contributed by atoms with Crippen LogP contribution in [0.25, 0.3) is 0 Å². The second kappa shape index (κ2) is 8.84. The van der Waals surface area contributed by atoms with Gasteiger partial charge in [-0.2, -0.15) is 5.10 Å². The maximum Gasteiger partial charge on any atom is 0.345 e. The van der Waals surface area contributed by atoms with Gasteiger partial charge in [0.05, 0.1) is 6.54 Å². The van der Waals surface area contributed by atoms with Crippen molar-refractivity contribution >= 4 is 6.03 Å². The third kappa shape index (κ3) is 4.54. The second-order valence-corrected chi connectivity index (χ2v) is 8.41. The molecule has 1 aliphatic carbocycles. The maximum absolute atomic E-state index is 12.8. The van der Waals surface area contributed by atoms with Crippen molar-refractivity contribution in [3.8, 4) is 0 Å². The predicted octanol–water partition coefficient (Wildman–Crippen LogP) is 2.85. The lowest BCUT2D eigenvalue weighted by Gasteiger charge is -2.34. The molecule has 1 N–H and O–H groups in total. The number of aryl methyl sites for hydroxylation is 1. The van der Waals surface area contributed by atoms with Crippen LogP contribution < -0.4 is 11.0 Å². The van der Waals surface area contributed by atoms with Gasteiger partial charge in [-0.1, -0.05) is 49.6 Å². The number of carbonyl (C=O) groups is 1. The highest BCUT2D eigenvalue weighted by atomic mass is 16.2. The molecule has 1 saturated carbocycles. The van der Waals surface area contributed by atoms with E-state index >= 15 is 0 Å². The van der Waals surface area contributed by atoms with Gasteiger partial charge in [-0.25, -0.2) is 14.3 Å². The Balaban J connectivity index is 1.48. The first-order valence-electron chi connectivity index (χ1n) is 10.8. The quantitative estimate of drug-likeness (QED) is 0.862. The van der Waals surface area contributed by atoms with Gasteiger partial charge >= 0.3 is 11.7 Å². The number of piperidine rings is 1. The first-order chi connectivity index (χ1) is 14.1. The fourth-order valence-corrected chi connectivity index (χ4v) is 4.62. The summed E-state index contributed by atoms with van der Waals surface area (Å²) in [4.78, 5) is 27.4. The standard InChI is InChI=1S/C22H31N5O2/c1-25-22(29)27(15-17-9-4-2-5-10-17)20(24-25)18-11-8-14-26(16-18)21(28)23-19-12-6-3-7-13-19/h2,4-5,9-10,18-19H,3,6-8,11-16H2,1H3,(H,23,28). The zero-order valence-electron chi connectivity index (χ0n) is 17.2. The summed E-state index contributed by atoms with van der Waals surface area (Å²) in [6, 6.07) is 10.3. The summed E-state index contributed by atoms with van der Waals surface area (Å²) in [5.74, 6) is 0.870. The lowest BCUT2D eigenvalue weighted by atomic mass is 9.95. The maximum atomic E-state index is 12.8. The summed E-state index contributed by atoms with van der Waals surface area (Å²) < 4.78 is 3.18. The summed E-state index contributed by atoms with van der Waals surface area (Å²) in [5.41, 5.74) is 0.971. The molecule has 2 aliphatic rings. The van der Waals surface area contributed by atoms with Crippen molar-refractivity contribution in [1.29, 1.82) is 0 Å². The minimum atomic E-state index is -0.104. The Morgan fingerprint density at radius 3 is 2.62 bits per heavy atom. The van der Waals surface area contributed by atoms with E-state index in [0.29, 0.717) is 19.1 Å². The topological polar surface area (TPSA) is 72.2 Å². The highest BCUT2D eigenvalue weighted by Crippen LogP contribution is 2.26. The average Bonchev–Trinajstić information content (AvgIpc) is 3.04. The molecule has 1 aromatic heterocycles. The molecule has 2 amide bonds. The number of carbonyl (C=O) groups excluding carboxylic acids is 1. The molecular weight excluding hydrogens is 366 g/mol. The van der Waals surface area contributed by atoms with E-state index in [1.54, 1.807) is 11.6 Å². The van der Waals surface area contributed by atoms with E-state index in [1.165, 1.54) is 23.9 Å². The van der Waals surface area contributed by atoms with Crippen molar-refractivity contribution in [1.82, 2.24) is 24.6 Å². The van der Waals surface area contributed by atoms with Crippen LogP contribution >= 0.6 is 0 Å². The molecule has 156 valence electrons. The molecule has 7 nitrogen and oxygen atoms in total. The Labute approximate surface area is 171 Å². The Hall–Kier alpha value is -2.57. The molecule has 1 saturated heterocycles. The molecular formula is C22H31N5O2. The molecule has 0 bridgehead atoms. The van der Waals surface area contributed by atoms with Crippen molar-refractivity contribution in [3.05, 3.63) is 52.2 Å². The van der Waals surface area contributed by atoms with Crippen LogP contribution in [-0.4, -0.2) is 44.4 Å². The number of likely N-dealkylation sites (tertiary alicyclic amines) is 1. The van der Waals surface area contributed by atoms with E-state index in [2.05, 4.69) is 10.4 Å². The van der Waals surface area contributed by atoms with Crippen LogP contribution in [0.3, 0.4) is 0 Å². The minimum Gasteiger partial charge on any atom is -0.335 e. The second-order valence-electron chi connectivity index (χ2n) is 8.41. The summed E-state index contributed by atoms with van der Waals surface area (Å²) in [6.45, 7) is 1.89.